The number of amides is 1. The topological polar surface area (TPSA) is 79.4 Å². The summed E-state index contributed by atoms with van der Waals surface area (Å²) in [5.41, 5.74) is 0.484. The Morgan fingerprint density at radius 2 is 1.57 bits per heavy atom. The Morgan fingerprint density at radius 1 is 0.964 bits per heavy atom. The van der Waals surface area contributed by atoms with Crippen LogP contribution in [0.1, 0.15) is 0 Å². The van der Waals surface area contributed by atoms with Gasteiger partial charge < -0.3 is 5.32 Å². The van der Waals surface area contributed by atoms with Gasteiger partial charge in [-0.05, 0) is 60.7 Å². The number of aromatic nitrogens is 1. The quantitative estimate of drug-likeness (QED) is 0.686. The Hall–Kier alpha value is -3.33. The van der Waals surface area contributed by atoms with Crippen molar-refractivity contribution in [3.63, 3.8) is 0 Å². The SMILES string of the molecule is O=C(CN(c1ccc(F)cc1)S(=O)(=O)c1ccc(F)cc1)Nc1cccnc1. The first-order valence-corrected chi connectivity index (χ1v) is 9.54. The first kappa shape index (κ1) is 19.4. The molecule has 0 unspecified atom stereocenters. The van der Waals surface area contributed by atoms with Crippen LogP contribution in [-0.4, -0.2) is 25.9 Å². The van der Waals surface area contributed by atoms with Gasteiger partial charge in [-0.25, -0.2) is 17.2 Å². The Morgan fingerprint density at radius 3 is 2.14 bits per heavy atom. The summed E-state index contributed by atoms with van der Waals surface area (Å²) in [5.74, 6) is -1.77. The largest absolute Gasteiger partial charge is 0.323 e. The molecule has 1 aromatic heterocycles. The monoisotopic (exact) mass is 403 g/mol. The molecule has 3 rings (SSSR count). The maximum atomic E-state index is 13.3. The number of nitrogens with one attached hydrogen (secondary N) is 1. The predicted molar refractivity (Wildman–Crippen MR) is 100 cm³/mol. The Kier molecular flexibility index (Phi) is 5.65. The number of carbonyl (C=O) groups is 1. The minimum atomic E-state index is -4.20. The van der Waals surface area contributed by atoms with Crippen LogP contribution in [0.4, 0.5) is 20.2 Å². The molecule has 28 heavy (non-hydrogen) atoms. The van der Waals surface area contributed by atoms with Crippen LogP contribution < -0.4 is 9.62 Å². The molecule has 1 heterocycles. The van der Waals surface area contributed by atoms with Crippen LogP contribution in [0, 0.1) is 11.6 Å². The fourth-order valence-electron chi connectivity index (χ4n) is 2.42. The third-order valence-electron chi connectivity index (χ3n) is 3.75. The second-order valence-electron chi connectivity index (χ2n) is 5.73. The Balaban J connectivity index is 1.94. The number of rotatable bonds is 6. The number of hydrogen-bond donors (Lipinski definition) is 1. The minimum absolute atomic E-state index is 0.0899. The molecule has 144 valence electrons. The average molecular weight is 403 g/mol. The lowest BCUT2D eigenvalue weighted by atomic mass is 10.3. The maximum Gasteiger partial charge on any atom is 0.264 e. The molecule has 0 saturated carbocycles. The van der Waals surface area contributed by atoms with Gasteiger partial charge in [-0.2, -0.15) is 0 Å². The van der Waals surface area contributed by atoms with Crippen molar-refractivity contribution in [1.82, 2.24) is 4.98 Å². The molecule has 1 N–H and O–H groups in total. The lowest BCUT2D eigenvalue weighted by Crippen LogP contribution is -2.38. The zero-order chi connectivity index (χ0) is 20.1. The van der Waals surface area contributed by atoms with Crippen LogP contribution in [-0.2, 0) is 14.8 Å². The molecule has 9 heteroatoms. The molecule has 0 bridgehead atoms. The fraction of sp³-hybridized carbons (Fsp3) is 0.0526. The molecule has 0 aliphatic carbocycles. The number of sulfonamides is 1. The highest BCUT2D eigenvalue weighted by Gasteiger charge is 2.27. The highest BCUT2D eigenvalue weighted by atomic mass is 32.2. The van der Waals surface area contributed by atoms with E-state index in [9.17, 15) is 22.0 Å². The van der Waals surface area contributed by atoms with E-state index in [1.165, 1.54) is 24.5 Å². The summed E-state index contributed by atoms with van der Waals surface area (Å²) in [6.07, 6.45) is 2.94. The van der Waals surface area contributed by atoms with Crippen molar-refractivity contribution < 1.29 is 22.0 Å². The minimum Gasteiger partial charge on any atom is -0.323 e. The summed E-state index contributed by atoms with van der Waals surface area (Å²) >= 11 is 0. The van der Waals surface area contributed by atoms with Crippen LogP contribution >= 0.6 is 0 Å². The van der Waals surface area contributed by atoms with Crippen LogP contribution in [0.2, 0.25) is 0 Å². The van der Waals surface area contributed by atoms with Gasteiger partial charge >= 0.3 is 0 Å². The normalized spacial score (nSPS) is 11.1. The number of nitrogens with zero attached hydrogens (tertiary/aromatic N) is 2. The van der Waals surface area contributed by atoms with Crippen molar-refractivity contribution in [3.8, 4) is 0 Å². The molecule has 0 aliphatic rings. The van der Waals surface area contributed by atoms with Crippen molar-refractivity contribution in [1.29, 1.82) is 0 Å². The second kappa shape index (κ2) is 8.13. The van der Waals surface area contributed by atoms with E-state index in [0.717, 1.165) is 40.7 Å². The molecule has 0 aliphatic heterocycles. The van der Waals surface area contributed by atoms with Crippen LogP contribution in [0.5, 0.6) is 0 Å². The second-order valence-corrected chi connectivity index (χ2v) is 7.59. The van der Waals surface area contributed by atoms with Crippen LogP contribution in [0.25, 0.3) is 0 Å². The molecule has 3 aromatic rings. The molecule has 0 fully saturated rings. The lowest BCUT2D eigenvalue weighted by Gasteiger charge is -2.24. The predicted octanol–water partition coefficient (Wildman–Crippen LogP) is 3.19. The van der Waals surface area contributed by atoms with Gasteiger partial charge in [0.2, 0.25) is 5.91 Å². The molecule has 0 spiro atoms. The van der Waals surface area contributed by atoms with E-state index in [-0.39, 0.29) is 10.6 Å². The van der Waals surface area contributed by atoms with Gasteiger partial charge in [0.05, 0.1) is 22.5 Å². The smallest absolute Gasteiger partial charge is 0.264 e. The highest BCUT2D eigenvalue weighted by molar-refractivity contribution is 7.92. The number of pyridine rings is 1. The van der Waals surface area contributed by atoms with E-state index in [1.54, 1.807) is 12.1 Å². The number of benzene rings is 2. The van der Waals surface area contributed by atoms with Crippen molar-refractivity contribution in [2.45, 2.75) is 4.90 Å². The van der Waals surface area contributed by atoms with E-state index in [0.29, 0.717) is 5.69 Å². The summed E-state index contributed by atoms with van der Waals surface area (Å²) in [7, 11) is -4.20. The van der Waals surface area contributed by atoms with Crippen LogP contribution in [0.3, 0.4) is 0 Å². The molecular formula is C19H15F2N3O3S. The van der Waals surface area contributed by atoms with Gasteiger partial charge in [0.15, 0.2) is 0 Å². The molecule has 0 atom stereocenters. The van der Waals surface area contributed by atoms with Gasteiger partial charge in [0.1, 0.15) is 18.2 Å². The summed E-state index contributed by atoms with van der Waals surface area (Å²) in [5, 5.41) is 2.54. The van der Waals surface area contributed by atoms with Gasteiger partial charge in [-0.15, -0.1) is 0 Å². The molecule has 0 saturated heterocycles. The Labute approximate surface area is 160 Å². The molecular weight excluding hydrogens is 388 g/mol. The standard InChI is InChI=1S/C19H15F2N3O3S/c20-14-3-7-17(8-4-14)24(13-19(25)23-16-2-1-11-22-12-16)28(26,27)18-9-5-15(21)6-10-18/h1-12H,13H2,(H,23,25). The van der Waals surface area contributed by atoms with Crippen molar-refractivity contribution in [2.24, 2.45) is 0 Å². The number of halogens is 2. The van der Waals surface area contributed by atoms with Crippen molar-refractivity contribution in [2.75, 3.05) is 16.2 Å². The first-order valence-electron chi connectivity index (χ1n) is 8.10. The summed E-state index contributed by atoms with van der Waals surface area (Å²) < 4.78 is 53.3. The third-order valence-corrected chi connectivity index (χ3v) is 5.54. The van der Waals surface area contributed by atoms with Crippen molar-refractivity contribution >= 4 is 27.3 Å². The Bertz CT molecular complexity index is 1060. The zero-order valence-electron chi connectivity index (χ0n) is 14.4. The van der Waals surface area contributed by atoms with Gasteiger partial charge in [-0.3, -0.25) is 14.1 Å². The van der Waals surface area contributed by atoms with Crippen molar-refractivity contribution in [3.05, 3.63) is 84.7 Å². The lowest BCUT2D eigenvalue weighted by molar-refractivity contribution is -0.114. The molecule has 2 aromatic carbocycles. The number of carbonyl (C=O) groups excluding carboxylic acids is 1. The number of anilines is 2. The molecule has 1 amide bonds. The summed E-state index contributed by atoms with van der Waals surface area (Å²) in [6.45, 7) is -0.569. The fourth-order valence-corrected chi connectivity index (χ4v) is 3.84. The van der Waals surface area contributed by atoms with Gasteiger partial charge in [0.25, 0.3) is 10.0 Å². The van der Waals surface area contributed by atoms with Gasteiger partial charge in [0, 0.05) is 6.20 Å². The summed E-state index contributed by atoms with van der Waals surface area (Å²) in [4.78, 5) is 16.1. The molecule has 0 radical (unpaired) electrons. The highest BCUT2D eigenvalue weighted by Crippen LogP contribution is 2.24. The average Bonchev–Trinajstić information content (AvgIpc) is 2.68. The maximum absolute atomic E-state index is 13.3. The zero-order valence-corrected chi connectivity index (χ0v) is 15.2. The van der Waals surface area contributed by atoms with E-state index in [2.05, 4.69) is 10.3 Å². The van der Waals surface area contributed by atoms with E-state index in [1.807, 2.05) is 0 Å². The first-order chi connectivity index (χ1) is 13.4. The van der Waals surface area contributed by atoms with E-state index >= 15 is 0 Å². The number of hydrogen-bond acceptors (Lipinski definition) is 4. The van der Waals surface area contributed by atoms with E-state index in [4.69, 9.17) is 0 Å². The van der Waals surface area contributed by atoms with Crippen LogP contribution in [0.15, 0.2) is 78.0 Å². The molecule has 6 nitrogen and oxygen atoms in total. The van der Waals surface area contributed by atoms with E-state index < -0.39 is 34.1 Å². The third kappa shape index (κ3) is 4.49. The summed E-state index contributed by atoms with van der Waals surface area (Å²) in [6, 6.07) is 12.1. The van der Waals surface area contributed by atoms with Gasteiger partial charge in [-0.1, -0.05) is 0 Å².